The van der Waals surface area contributed by atoms with E-state index in [0.717, 1.165) is 16.7 Å². The zero-order chi connectivity index (χ0) is 22.7. The molecule has 1 heterocycles. The van der Waals surface area contributed by atoms with Crippen molar-refractivity contribution in [2.45, 2.75) is 26.4 Å². The van der Waals surface area contributed by atoms with Crippen molar-refractivity contribution in [1.82, 2.24) is 9.13 Å². The first-order valence-electron chi connectivity index (χ1n) is 10.5. The first-order valence-corrected chi connectivity index (χ1v) is 10.5. The van der Waals surface area contributed by atoms with E-state index in [4.69, 9.17) is 5.11 Å². The SMILES string of the molecule is Cc1ccc2c(=O)n(CCc3ccccc3)c(=O)n(Cc3ccc(C(=O)CO)cc3)c2c1. The first kappa shape index (κ1) is 21.5. The van der Waals surface area contributed by atoms with Gasteiger partial charge in [0.05, 0.1) is 17.4 Å². The maximum Gasteiger partial charge on any atom is 0.331 e. The fourth-order valence-electron chi connectivity index (χ4n) is 3.83. The van der Waals surface area contributed by atoms with Crippen molar-refractivity contribution in [3.63, 3.8) is 0 Å². The van der Waals surface area contributed by atoms with E-state index in [1.165, 1.54) is 4.57 Å². The number of Topliss-reactive ketones (excluding diaryl/α,β-unsaturated/α-hetero) is 1. The van der Waals surface area contributed by atoms with E-state index in [-0.39, 0.29) is 30.1 Å². The third-order valence-electron chi connectivity index (χ3n) is 5.61. The van der Waals surface area contributed by atoms with Crippen LogP contribution in [0.5, 0.6) is 0 Å². The van der Waals surface area contributed by atoms with Gasteiger partial charge >= 0.3 is 5.69 Å². The molecular formula is C26H24N2O4. The number of benzene rings is 3. The molecule has 1 aromatic heterocycles. The van der Waals surface area contributed by atoms with Crippen LogP contribution in [0.25, 0.3) is 10.9 Å². The molecule has 0 spiro atoms. The molecule has 0 radical (unpaired) electrons. The highest BCUT2D eigenvalue weighted by atomic mass is 16.3. The van der Waals surface area contributed by atoms with Gasteiger partial charge in [0.15, 0.2) is 5.78 Å². The summed E-state index contributed by atoms with van der Waals surface area (Å²) in [5.74, 6) is -0.357. The zero-order valence-corrected chi connectivity index (χ0v) is 17.8. The van der Waals surface area contributed by atoms with Gasteiger partial charge in [-0.15, -0.1) is 0 Å². The maximum absolute atomic E-state index is 13.4. The lowest BCUT2D eigenvalue weighted by molar-refractivity contribution is 0.0903. The molecule has 32 heavy (non-hydrogen) atoms. The number of rotatable bonds is 7. The molecule has 0 unspecified atom stereocenters. The fraction of sp³-hybridized carbons (Fsp3) is 0.192. The van der Waals surface area contributed by atoms with Crippen LogP contribution in [-0.4, -0.2) is 26.6 Å². The molecule has 4 rings (SSSR count). The van der Waals surface area contributed by atoms with Gasteiger partial charge in [-0.2, -0.15) is 0 Å². The van der Waals surface area contributed by atoms with Gasteiger partial charge in [0.2, 0.25) is 0 Å². The second-order valence-electron chi connectivity index (χ2n) is 7.86. The van der Waals surface area contributed by atoms with Crippen LogP contribution in [0.2, 0.25) is 0 Å². The summed E-state index contributed by atoms with van der Waals surface area (Å²) < 4.78 is 2.91. The highest BCUT2D eigenvalue weighted by Gasteiger charge is 2.14. The van der Waals surface area contributed by atoms with Crippen molar-refractivity contribution in [1.29, 1.82) is 0 Å². The largest absolute Gasteiger partial charge is 0.388 e. The molecule has 4 aromatic rings. The number of aliphatic hydroxyl groups is 1. The third kappa shape index (κ3) is 4.31. The van der Waals surface area contributed by atoms with Crippen molar-refractivity contribution < 1.29 is 9.90 Å². The normalized spacial score (nSPS) is 11.1. The number of hydrogen-bond acceptors (Lipinski definition) is 4. The number of carbonyl (C=O) groups excluding carboxylic acids is 1. The Morgan fingerprint density at radius 1 is 0.875 bits per heavy atom. The summed E-state index contributed by atoms with van der Waals surface area (Å²) in [7, 11) is 0. The Morgan fingerprint density at radius 3 is 2.28 bits per heavy atom. The van der Waals surface area contributed by atoms with E-state index in [2.05, 4.69) is 0 Å². The number of carbonyl (C=O) groups is 1. The van der Waals surface area contributed by atoms with E-state index in [1.54, 1.807) is 34.9 Å². The second kappa shape index (κ2) is 9.16. The lowest BCUT2D eigenvalue weighted by Crippen LogP contribution is -2.40. The molecule has 3 aromatic carbocycles. The van der Waals surface area contributed by atoms with Gasteiger partial charge in [-0.25, -0.2) is 4.79 Å². The number of ketones is 1. The summed E-state index contributed by atoms with van der Waals surface area (Å²) in [4.78, 5) is 38.2. The van der Waals surface area contributed by atoms with Crippen molar-refractivity contribution in [3.8, 4) is 0 Å². The molecule has 0 aliphatic heterocycles. The van der Waals surface area contributed by atoms with Crippen LogP contribution in [0.15, 0.2) is 82.4 Å². The monoisotopic (exact) mass is 428 g/mol. The van der Waals surface area contributed by atoms with Gasteiger partial charge in [0, 0.05) is 12.1 Å². The molecule has 0 saturated carbocycles. The first-order chi connectivity index (χ1) is 15.5. The van der Waals surface area contributed by atoms with Crippen LogP contribution >= 0.6 is 0 Å². The molecule has 162 valence electrons. The summed E-state index contributed by atoms with van der Waals surface area (Å²) in [6.45, 7) is 1.92. The highest BCUT2D eigenvalue weighted by molar-refractivity contribution is 5.96. The molecule has 0 aliphatic rings. The Morgan fingerprint density at radius 2 is 1.59 bits per heavy atom. The Kier molecular flexibility index (Phi) is 6.14. The minimum atomic E-state index is -0.547. The van der Waals surface area contributed by atoms with Crippen molar-refractivity contribution in [3.05, 3.63) is 116 Å². The third-order valence-corrected chi connectivity index (χ3v) is 5.61. The van der Waals surface area contributed by atoms with Crippen molar-refractivity contribution in [2.75, 3.05) is 6.61 Å². The Hall–Kier alpha value is -3.77. The molecule has 0 bridgehead atoms. The van der Waals surface area contributed by atoms with Gasteiger partial charge in [0.1, 0.15) is 6.61 Å². The minimum Gasteiger partial charge on any atom is -0.388 e. The van der Waals surface area contributed by atoms with Crippen LogP contribution in [-0.2, 0) is 19.5 Å². The number of aryl methyl sites for hydroxylation is 2. The molecule has 0 fully saturated rings. The average molecular weight is 428 g/mol. The van der Waals surface area contributed by atoms with E-state index >= 15 is 0 Å². The standard InChI is InChI=1S/C26H24N2O4/c1-18-7-12-22-23(15-18)28(16-20-8-10-21(11-9-20)24(30)17-29)26(32)27(25(22)31)14-13-19-5-3-2-4-6-19/h2-12,15,29H,13-14,16-17H2,1H3. The van der Waals surface area contributed by atoms with Gasteiger partial charge in [0.25, 0.3) is 5.56 Å². The molecule has 0 atom stereocenters. The molecule has 1 N–H and O–H groups in total. The van der Waals surface area contributed by atoms with E-state index in [0.29, 0.717) is 22.9 Å². The van der Waals surface area contributed by atoms with E-state index < -0.39 is 6.61 Å². The molecular weight excluding hydrogens is 404 g/mol. The molecule has 0 amide bonds. The van der Waals surface area contributed by atoms with E-state index in [1.807, 2.05) is 49.4 Å². The lowest BCUT2D eigenvalue weighted by atomic mass is 10.1. The smallest absolute Gasteiger partial charge is 0.331 e. The molecule has 6 heteroatoms. The number of aliphatic hydroxyl groups excluding tert-OH is 1. The number of fused-ring (bicyclic) bond motifs is 1. The van der Waals surface area contributed by atoms with Crippen LogP contribution in [0.3, 0.4) is 0 Å². The van der Waals surface area contributed by atoms with Gasteiger partial charge in [-0.05, 0) is 42.2 Å². The Bertz CT molecular complexity index is 1380. The predicted octanol–water partition coefficient (Wildman–Crippen LogP) is 2.94. The van der Waals surface area contributed by atoms with Crippen molar-refractivity contribution in [2.24, 2.45) is 0 Å². The summed E-state index contributed by atoms with van der Waals surface area (Å²) in [6.07, 6.45) is 0.575. The number of nitrogens with zero attached hydrogens (tertiary/aromatic N) is 2. The average Bonchev–Trinajstić information content (AvgIpc) is 2.82. The van der Waals surface area contributed by atoms with E-state index in [9.17, 15) is 14.4 Å². The van der Waals surface area contributed by atoms with Crippen LogP contribution in [0, 0.1) is 6.92 Å². The number of hydrogen-bond donors (Lipinski definition) is 1. The van der Waals surface area contributed by atoms with Crippen LogP contribution in [0.1, 0.15) is 27.0 Å². The second-order valence-corrected chi connectivity index (χ2v) is 7.86. The summed E-state index contributed by atoms with van der Waals surface area (Å²) in [6, 6.07) is 22.0. The van der Waals surface area contributed by atoms with Crippen LogP contribution in [0.4, 0.5) is 0 Å². The summed E-state index contributed by atoms with van der Waals surface area (Å²) in [5.41, 5.74) is 3.18. The molecule has 0 aliphatic carbocycles. The maximum atomic E-state index is 13.4. The summed E-state index contributed by atoms with van der Waals surface area (Å²) in [5, 5.41) is 9.53. The van der Waals surface area contributed by atoms with Gasteiger partial charge < -0.3 is 5.11 Å². The van der Waals surface area contributed by atoms with Gasteiger partial charge in [-0.3, -0.25) is 18.7 Å². The minimum absolute atomic E-state index is 0.262. The predicted molar refractivity (Wildman–Crippen MR) is 124 cm³/mol. The zero-order valence-electron chi connectivity index (χ0n) is 17.8. The highest BCUT2D eigenvalue weighted by Crippen LogP contribution is 2.14. The fourth-order valence-corrected chi connectivity index (χ4v) is 3.83. The van der Waals surface area contributed by atoms with Gasteiger partial charge in [-0.1, -0.05) is 60.7 Å². The number of aromatic nitrogens is 2. The quantitative estimate of drug-likeness (QED) is 0.459. The Labute approximate surface area is 185 Å². The molecule has 6 nitrogen and oxygen atoms in total. The summed E-state index contributed by atoms with van der Waals surface area (Å²) >= 11 is 0. The molecule has 0 saturated heterocycles. The topological polar surface area (TPSA) is 81.3 Å². The van der Waals surface area contributed by atoms with Crippen molar-refractivity contribution >= 4 is 16.7 Å². The van der Waals surface area contributed by atoms with Crippen LogP contribution < -0.4 is 11.2 Å². The Balaban J connectivity index is 1.78. The lowest BCUT2D eigenvalue weighted by Gasteiger charge is -2.15.